The second-order valence-electron chi connectivity index (χ2n) is 5.12. The van der Waals surface area contributed by atoms with Crippen molar-refractivity contribution < 1.29 is 24.9 Å². The molecule has 3 N–H and O–H groups in total. The maximum absolute atomic E-state index is 12.5. The average Bonchev–Trinajstić information content (AvgIpc) is 2.54. The Labute approximate surface area is 133 Å². The van der Waals surface area contributed by atoms with E-state index in [9.17, 15) is 19.8 Å². The number of amides is 1. The van der Waals surface area contributed by atoms with Crippen LogP contribution in [0.3, 0.4) is 0 Å². The minimum absolute atomic E-state index is 0.144. The number of carbonyl (C=O) groups excluding carboxylic acids is 1. The second kappa shape index (κ2) is 7.04. The lowest BCUT2D eigenvalue weighted by Gasteiger charge is -2.19. The molecule has 2 aromatic rings. The summed E-state index contributed by atoms with van der Waals surface area (Å²) >= 11 is 0. The lowest BCUT2D eigenvalue weighted by atomic mass is 10.1. The van der Waals surface area contributed by atoms with Crippen molar-refractivity contribution in [1.82, 2.24) is 4.90 Å². The Morgan fingerprint density at radius 1 is 1.04 bits per heavy atom. The fraction of sp³-hybridized carbons (Fsp3) is 0.176. The summed E-state index contributed by atoms with van der Waals surface area (Å²) in [6.07, 6.45) is -1.72. The van der Waals surface area contributed by atoms with E-state index in [1.807, 2.05) is 0 Å². The quantitative estimate of drug-likeness (QED) is 0.729. The number of hydrogen-bond acceptors (Lipinski definition) is 4. The van der Waals surface area contributed by atoms with Crippen LogP contribution in [0.4, 0.5) is 0 Å². The number of hydrogen-bond donors (Lipinski definition) is 3. The minimum atomic E-state index is -1.72. The summed E-state index contributed by atoms with van der Waals surface area (Å²) in [5, 5.41) is 27.5. The number of carboxylic acid groups (broad SMARTS) is 1. The molecule has 6 heteroatoms. The van der Waals surface area contributed by atoms with Crippen molar-refractivity contribution in [3.63, 3.8) is 0 Å². The molecule has 6 nitrogen and oxygen atoms in total. The Bertz CT molecular complexity index is 709. The number of aliphatic hydroxyl groups excluding tert-OH is 1. The lowest BCUT2D eigenvalue weighted by Crippen LogP contribution is -2.27. The van der Waals surface area contributed by atoms with E-state index >= 15 is 0 Å². The number of carboxylic acids is 1. The summed E-state index contributed by atoms with van der Waals surface area (Å²) < 4.78 is 0. The molecule has 0 radical (unpaired) electrons. The normalized spacial score (nSPS) is 10.6. The van der Waals surface area contributed by atoms with Crippen molar-refractivity contribution in [2.75, 3.05) is 7.05 Å². The fourth-order valence-corrected chi connectivity index (χ4v) is 2.22. The van der Waals surface area contributed by atoms with Crippen LogP contribution in [0.15, 0.2) is 48.5 Å². The number of aromatic carboxylic acids is 1. The third-order valence-electron chi connectivity index (χ3n) is 3.44. The Morgan fingerprint density at radius 2 is 1.65 bits per heavy atom. The molecule has 0 heterocycles. The van der Waals surface area contributed by atoms with Crippen LogP contribution >= 0.6 is 0 Å². The smallest absolute Gasteiger partial charge is 0.335 e. The Hall–Kier alpha value is -2.70. The van der Waals surface area contributed by atoms with Crippen molar-refractivity contribution >= 4 is 11.9 Å². The third kappa shape index (κ3) is 3.94. The maximum atomic E-state index is 12.5. The van der Waals surface area contributed by atoms with Crippen LogP contribution in [0.1, 0.15) is 38.1 Å². The van der Waals surface area contributed by atoms with Gasteiger partial charge in [0.25, 0.3) is 5.91 Å². The van der Waals surface area contributed by atoms with Crippen LogP contribution in [0.5, 0.6) is 0 Å². The minimum Gasteiger partial charge on any atom is -0.478 e. The molecule has 0 spiro atoms. The van der Waals surface area contributed by atoms with Gasteiger partial charge in [-0.15, -0.1) is 0 Å². The third-order valence-corrected chi connectivity index (χ3v) is 3.44. The molecule has 0 saturated carbocycles. The SMILES string of the molecule is CN(Cc1ccc(C(=O)O)cc1)C(=O)c1ccccc1C(O)O. The molecule has 0 aromatic heterocycles. The zero-order chi connectivity index (χ0) is 17.0. The lowest BCUT2D eigenvalue weighted by molar-refractivity contribution is -0.0431. The van der Waals surface area contributed by atoms with E-state index in [0.717, 1.165) is 5.56 Å². The first kappa shape index (κ1) is 16.7. The van der Waals surface area contributed by atoms with E-state index in [1.54, 1.807) is 31.3 Å². The summed E-state index contributed by atoms with van der Waals surface area (Å²) in [5.41, 5.74) is 1.31. The molecule has 0 fully saturated rings. The zero-order valence-electron chi connectivity index (χ0n) is 12.5. The highest BCUT2D eigenvalue weighted by Crippen LogP contribution is 2.18. The van der Waals surface area contributed by atoms with E-state index in [1.165, 1.54) is 29.2 Å². The molecule has 1 amide bonds. The summed E-state index contributed by atoms with van der Waals surface area (Å²) in [5.74, 6) is -1.36. The van der Waals surface area contributed by atoms with E-state index in [2.05, 4.69) is 0 Å². The van der Waals surface area contributed by atoms with Gasteiger partial charge in [0, 0.05) is 24.7 Å². The van der Waals surface area contributed by atoms with Gasteiger partial charge >= 0.3 is 5.97 Å². The van der Waals surface area contributed by atoms with Gasteiger partial charge in [-0.25, -0.2) is 4.79 Å². The van der Waals surface area contributed by atoms with Gasteiger partial charge in [0.1, 0.15) is 0 Å². The molecular formula is C17H17NO5. The monoisotopic (exact) mass is 315 g/mol. The highest BCUT2D eigenvalue weighted by Gasteiger charge is 2.18. The van der Waals surface area contributed by atoms with Gasteiger partial charge in [0.2, 0.25) is 0 Å². The average molecular weight is 315 g/mol. The predicted molar refractivity (Wildman–Crippen MR) is 82.8 cm³/mol. The number of rotatable bonds is 5. The maximum Gasteiger partial charge on any atom is 0.335 e. The molecule has 23 heavy (non-hydrogen) atoms. The Kier molecular flexibility index (Phi) is 5.10. The summed E-state index contributed by atoms with van der Waals surface area (Å²) in [7, 11) is 1.59. The van der Waals surface area contributed by atoms with E-state index in [-0.39, 0.29) is 29.1 Å². The van der Waals surface area contributed by atoms with Crippen LogP contribution in [0.2, 0.25) is 0 Å². The molecule has 0 aliphatic heterocycles. The second-order valence-corrected chi connectivity index (χ2v) is 5.12. The zero-order valence-corrected chi connectivity index (χ0v) is 12.5. The summed E-state index contributed by atoms with van der Waals surface area (Å²) in [6.45, 7) is 0.272. The van der Waals surface area contributed by atoms with Crippen molar-refractivity contribution in [1.29, 1.82) is 0 Å². The first-order valence-corrected chi connectivity index (χ1v) is 6.93. The standard InChI is InChI=1S/C17H17NO5/c1-18(10-11-6-8-12(9-7-11)16(20)21)15(19)13-4-2-3-5-14(13)17(22)23/h2-9,17,22-23H,10H2,1H3,(H,20,21). The number of benzene rings is 2. The first-order valence-electron chi connectivity index (χ1n) is 6.93. The van der Waals surface area contributed by atoms with Gasteiger partial charge in [0.15, 0.2) is 6.29 Å². The van der Waals surface area contributed by atoms with Gasteiger partial charge in [-0.05, 0) is 23.8 Å². The van der Waals surface area contributed by atoms with Crippen LogP contribution in [-0.4, -0.2) is 39.1 Å². The predicted octanol–water partition coefficient (Wildman–Crippen LogP) is 1.64. The molecule has 2 aromatic carbocycles. The van der Waals surface area contributed by atoms with Crippen molar-refractivity contribution in [3.05, 3.63) is 70.8 Å². The van der Waals surface area contributed by atoms with Crippen LogP contribution in [0, 0.1) is 0 Å². The summed E-state index contributed by atoms with van der Waals surface area (Å²) in [6, 6.07) is 12.5. The van der Waals surface area contributed by atoms with Gasteiger partial charge in [-0.3, -0.25) is 4.79 Å². The van der Waals surface area contributed by atoms with Crippen LogP contribution in [0.25, 0.3) is 0 Å². The van der Waals surface area contributed by atoms with E-state index in [0.29, 0.717) is 0 Å². The fourth-order valence-electron chi connectivity index (χ4n) is 2.22. The molecular weight excluding hydrogens is 298 g/mol. The van der Waals surface area contributed by atoms with Gasteiger partial charge in [-0.2, -0.15) is 0 Å². The molecule has 0 bridgehead atoms. The number of carbonyl (C=O) groups is 2. The van der Waals surface area contributed by atoms with Crippen molar-refractivity contribution in [2.24, 2.45) is 0 Å². The van der Waals surface area contributed by atoms with Crippen LogP contribution < -0.4 is 0 Å². The topological polar surface area (TPSA) is 98.1 Å². The largest absolute Gasteiger partial charge is 0.478 e. The molecule has 0 atom stereocenters. The Balaban J connectivity index is 2.16. The number of nitrogens with zero attached hydrogens (tertiary/aromatic N) is 1. The van der Waals surface area contributed by atoms with Gasteiger partial charge in [0.05, 0.1) is 5.56 Å². The van der Waals surface area contributed by atoms with Crippen molar-refractivity contribution in [3.8, 4) is 0 Å². The van der Waals surface area contributed by atoms with Gasteiger partial charge < -0.3 is 20.2 Å². The molecule has 0 saturated heterocycles. The molecule has 0 unspecified atom stereocenters. The Morgan fingerprint density at radius 3 is 2.22 bits per heavy atom. The highest BCUT2D eigenvalue weighted by molar-refractivity contribution is 5.95. The highest BCUT2D eigenvalue weighted by atomic mass is 16.5. The molecule has 0 aliphatic carbocycles. The van der Waals surface area contributed by atoms with Gasteiger partial charge in [-0.1, -0.05) is 30.3 Å². The van der Waals surface area contributed by atoms with E-state index in [4.69, 9.17) is 5.11 Å². The molecule has 2 rings (SSSR count). The summed E-state index contributed by atoms with van der Waals surface area (Å²) in [4.78, 5) is 24.7. The van der Waals surface area contributed by atoms with Crippen LogP contribution in [-0.2, 0) is 6.54 Å². The molecule has 120 valence electrons. The first-order chi connectivity index (χ1) is 10.9. The molecule has 0 aliphatic rings. The van der Waals surface area contributed by atoms with E-state index < -0.39 is 12.3 Å². The number of aliphatic hydroxyl groups is 2. The van der Waals surface area contributed by atoms with Crippen molar-refractivity contribution in [2.45, 2.75) is 12.8 Å².